The van der Waals surface area contributed by atoms with Crippen LogP contribution in [-0.2, 0) is 39.1 Å². The smallest absolute Gasteiger partial charge is 0.215 e. The molecule has 6 heteroatoms. The van der Waals surface area contributed by atoms with Crippen LogP contribution in [0.15, 0.2) is 66.9 Å². The average Bonchev–Trinajstić information content (AvgIpc) is 2.83. The number of nitrogens with one attached hydrogen (secondary N) is 1. The van der Waals surface area contributed by atoms with E-state index in [4.69, 9.17) is 4.74 Å². The fraction of sp³-hybridized carbons (Fsp3) is 0.370. The fourth-order valence-electron chi connectivity index (χ4n) is 4.69. The van der Waals surface area contributed by atoms with E-state index in [1.54, 1.807) is 0 Å². The van der Waals surface area contributed by atoms with E-state index in [-0.39, 0.29) is 32.7 Å². The molecule has 0 bridgehead atoms. The number of nitrogens with zero attached hydrogens (tertiary/aromatic N) is 3. The summed E-state index contributed by atoms with van der Waals surface area (Å²) in [5, 5.41) is 5.95. The SMILES string of the molecule is C=C1CCc2ccc(OCCCCN3CCN(c4cccc5ccccc45)CC3)nc2N1.[Y]. The van der Waals surface area contributed by atoms with E-state index in [1.165, 1.54) is 22.0 Å². The summed E-state index contributed by atoms with van der Waals surface area (Å²) in [7, 11) is 0. The summed E-state index contributed by atoms with van der Waals surface area (Å²) in [6.45, 7) is 10.3. The number of fused-ring (bicyclic) bond motifs is 2. The van der Waals surface area contributed by atoms with Crippen molar-refractivity contribution in [3.63, 3.8) is 0 Å². The predicted molar refractivity (Wildman–Crippen MR) is 133 cm³/mol. The first kappa shape index (κ1) is 24.2. The summed E-state index contributed by atoms with van der Waals surface area (Å²) < 4.78 is 5.90. The molecule has 2 aromatic carbocycles. The molecule has 0 aliphatic carbocycles. The Morgan fingerprint density at radius 3 is 2.61 bits per heavy atom. The summed E-state index contributed by atoms with van der Waals surface area (Å²) >= 11 is 0. The summed E-state index contributed by atoms with van der Waals surface area (Å²) in [4.78, 5) is 9.71. The van der Waals surface area contributed by atoms with Crippen LogP contribution in [0.1, 0.15) is 24.8 Å². The molecule has 0 unspecified atom stereocenters. The molecule has 5 nitrogen and oxygen atoms in total. The molecule has 1 fully saturated rings. The number of benzene rings is 2. The van der Waals surface area contributed by atoms with Crippen molar-refractivity contribution in [1.82, 2.24) is 9.88 Å². The standard InChI is InChI=1S/C27H32N4O.Y/c1-21-11-12-23-13-14-26(29-27(23)28-21)32-20-5-4-15-30-16-18-31(19-17-30)25-10-6-8-22-7-2-3-9-24(22)25;/h2-3,6-10,13-14H,1,4-5,11-12,15-20H2,(H,28,29);. The molecule has 1 aromatic heterocycles. The number of hydrogen-bond acceptors (Lipinski definition) is 5. The third kappa shape index (κ3) is 5.95. The Labute approximate surface area is 222 Å². The van der Waals surface area contributed by atoms with Gasteiger partial charge in [0.05, 0.1) is 6.61 Å². The van der Waals surface area contributed by atoms with Crippen molar-refractivity contribution in [2.75, 3.05) is 49.5 Å². The second kappa shape index (κ2) is 11.5. The molecule has 0 spiro atoms. The molecule has 3 heterocycles. The van der Waals surface area contributed by atoms with Crippen molar-refractivity contribution < 1.29 is 37.4 Å². The summed E-state index contributed by atoms with van der Waals surface area (Å²) in [6.07, 6.45) is 4.17. The Balaban J connectivity index is 0.00000259. The molecular weight excluding hydrogens is 485 g/mol. The van der Waals surface area contributed by atoms with E-state index in [0.717, 1.165) is 69.9 Å². The maximum atomic E-state index is 5.90. The van der Waals surface area contributed by atoms with E-state index in [0.29, 0.717) is 12.5 Å². The Kier molecular flexibility index (Phi) is 8.40. The van der Waals surface area contributed by atoms with Gasteiger partial charge in [-0.2, -0.15) is 4.98 Å². The number of pyridine rings is 1. The molecule has 169 valence electrons. The molecule has 0 amide bonds. The van der Waals surface area contributed by atoms with Crippen LogP contribution in [0.3, 0.4) is 0 Å². The van der Waals surface area contributed by atoms with Gasteiger partial charge in [-0.25, -0.2) is 0 Å². The van der Waals surface area contributed by atoms with Crippen LogP contribution in [0.5, 0.6) is 5.88 Å². The van der Waals surface area contributed by atoms with Gasteiger partial charge in [-0.1, -0.05) is 43.0 Å². The largest absolute Gasteiger partial charge is 0.478 e. The number of unbranched alkanes of at least 4 members (excludes halogenated alkanes) is 1. The van der Waals surface area contributed by atoms with E-state index in [1.807, 2.05) is 6.07 Å². The van der Waals surface area contributed by atoms with Crippen LogP contribution in [-0.4, -0.2) is 49.2 Å². The van der Waals surface area contributed by atoms with Gasteiger partial charge in [0.25, 0.3) is 0 Å². The first-order valence-electron chi connectivity index (χ1n) is 11.8. The normalized spacial score (nSPS) is 16.1. The minimum atomic E-state index is 0. The number of rotatable bonds is 7. The minimum Gasteiger partial charge on any atom is -0.478 e. The number of anilines is 2. The van der Waals surface area contributed by atoms with Crippen LogP contribution in [0.2, 0.25) is 0 Å². The molecule has 2 aliphatic rings. The van der Waals surface area contributed by atoms with Crippen LogP contribution >= 0.6 is 0 Å². The van der Waals surface area contributed by atoms with Gasteiger partial charge in [-0.3, -0.25) is 4.90 Å². The minimum absolute atomic E-state index is 0. The van der Waals surface area contributed by atoms with Gasteiger partial charge in [0.1, 0.15) is 5.82 Å². The number of allylic oxidation sites excluding steroid dienone is 1. The van der Waals surface area contributed by atoms with E-state index >= 15 is 0 Å². The molecule has 3 aromatic rings. The van der Waals surface area contributed by atoms with Crippen LogP contribution < -0.4 is 15.0 Å². The fourth-order valence-corrected chi connectivity index (χ4v) is 4.69. The number of hydrogen-bond donors (Lipinski definition) is 1. The molecule has 1 N–H and O–H groups in total. The second-order valence-corrected chi connectivity index (χ2v) is 8.77. The average molecular weight is 517 g/mol. The first-order valence-corrected chi connectivity index (χ1v) is 11.8. The second-order valence-electron chi connectivity index (χ2n) is 8.77. The third-order valence-electron chi connectivity index (χ3n) is 6.54. The Morgan fingerprint density at radius 1 is 0.909 bits per heavy atom. The van der Waals surface area contributed by atoms with Gasteiger partial charge in [-0.15, -0.1) is 0 Å². The van der Waals surface area contributed by atoms with Crippen molar-refractivity contribution in [2.24, 2.45) is 0 Å². The summed E-state index contributed by atoms with van der Waals surface area (Å²) in [6, 6.07) is 19.4. The van der Waals surface area contributed by atoms with E-state index in [9.17, 15) is 0 Å². The third-order valence-corrected chi connectivity index (χ3v) is 6.54. The maximum Gasteiger partial charge on any atom is 0.215 e. The zero-order valence-electron chi connectivity index (χ0n) is 19.3. The molecular formula is C27H32N4OY. The molecule has 1 saturated heterocycles. The van der Waals surface area contributed by atoms with Crippen molar-refractivity contribution in [3.05, 3.63) is 72.4 Å². The van der Waals surface area contributed by atoms with Gasteiger partial charge in [0.2, 0.25) is 5.88 Å². The molecule has 0 atom stereocenters. The van der Waals surface area contributed by atoms with Crippen molar-refractivity contribution in [2.45, 2.75) is 25.7 Å². The van der Waals surface area contributed by atoms with Crippen LogP contribution in [0.4, 0.5) is 11.5 Å². The molecule has 5 rings (SSSR count). The van der Waals surface area contributed by atoms with Crippen molar-refractivity contribution in [3.8, 4) is 5.88 Å². The van der Waals surface area contributed by atoms with Gasteiger partial charge in [-0.05, 0) is 55.3 Å². The maximum absolute atomic E-state index is 5.90. The first-order chi connectivity index (χ1) is 15.8. The monoisotopic (exact) mass is 517 g/mol. The topological polar surface area (TPSA) is 40.6 Å². The van der Waals surface area contributed by atoms with Gasteiger partial charge in [0.15, 0.2) is 0 Å². The molecule has 33 heavy (non-hydrogen) atoms. The zero-order chi connectivity index (χ0) is 21.8. The molecule has 2 aliphatic heterocycles. The predicted octanol–water partition coefficient (Wildman–Crippen LogP) is 5.09. The Bertz CT molecular complexity index is 1090. The van der Waals surface area contributed by atoms with Crippen molar-refractivity contribution in [1.29, 1.82) is 0 Å². The van der Waals surface area contributed by atoms with E-state index in [2.05, 4.69) is 75.2 Å². The quantitative estimate of drug-likeness (QED) is 0.443. The van der Waals surface area contributed by atoms with Crippen LogP contribution in [0.25, 0.3) is 10.8 Å². The zero-order valence-corrected chi connectivity index (χ0v) is 22.1. The van der Waals surface area contributed by atoms with Crippen LogP contribution in [0, 0.1) is 0 Å². The van der Waals surface area contributed by atoms with Gasteiger partial charge >= 0.3 is 0 Å². The molecule has 0 saturated carbocycles. The van der Waals surface area contributed by atoms with Gasteiger partial charge < -0.3 is 15.0 Å². The summed E-state index contributed by atoms with van der Waals surface area (Å²) in [5.74, 6) is 1.61. The Morgan fingerprint density at radius 2 is 1.73 bits per heavy atom. The number of piperazine rings is 1. The molecule has 1 radical (unpaired) electrons. The van der Waals surface area contributed by atoms with Gasteiger partial charge in [0, 0.05) is 81.7 Å². The van der Waals surface area contributed by atoms with Crippen molar-refractivity contribution >= 4 is 22.3 Å². The van der Waals surface area contributed by atoms with E-state index < -0.39 is 0 Å². The number of aryl methyl sites for hydroxylation is 1. The number of aromatic nitrogens is 1. The Hall–Kier alpha value is -1.95. The number of ether oxygens (including phenoxy) is 1. The summed E-state index contributed by atoms with van der Waals surface area (Å²) in [5.41, 5.74) is 3.64.